The van der Waals surface area contributed by atoms with Crippen molar-refractivity contribution in [3.8, 4) is 0 Å². The summed E-state index contributed by atoms with van der Waals surface area (Å²) in [6.07, 6.45) is 0.859. The van der Waals surface area contributed by atoms with Crippen LogP contribution in [0.1, 0.15) is 42.2 Å². The van der Waals surface area contributed by atoms with E-state index in [-0.39, 0.29) is 24.3 Å². The Labute approximate surface area is 118 Å². The van der Waals surface area contributed by atoms with Crippen molar-refractivity contribution < 1.29 is 9.90 Å². The number of hydrogen-bond donors (Lipinski definition) is 1. The van der Waals surface area contributed by atoms with Crippen LogP contribution in [-0.2, 0) is 0 Å². The predicted octanol–water partition coefficient (Wildman–Crippen LogP) is 2.31. The number of aliphatic hydroxyl groups excluding tert-OH is 1. The van der Waals surface area contributed by atoms with Crippen molar-refractivity contribution in [2.45, 2.75) is 26.2 Å². The highest BCUT2D eigenvalue weighted by molar-refractivity contribution is 6.29. The molecule has 2 rings (SSSR count). The molecule has 104 valence electrons. The fourth-order valence-corrected chi connectivity index (χ4v) is 2.50. The van der Waals surface area contributed by atoms with E-state index >= 15 is 0 Å². The fraction of sp³-hybridized carbons (Fsp3) is 0.571. The average Bonchev–Trinajstić information content (AvgIpc) is 2.85. The van der Waals surface area contributed by atoms with Crippen molar-refractivity contribution in [3.05, 3.63) is 28.5 Å². The molecule has 0 aromatic carbocycles. The van der Waals surface area contributed by atoms with Crippen molar-refractivity contribution in [2.75, 3.05) is 19.7 Å². The van der Waals surface area contributed by atoms with Gasteiger partial charge in [0.2, 0.25) is 0 Å². The molecule has 4 nitrogen and oxygen atoms in total. The zero-order chi connectivity index (χ0) is 14.0. The van der Waals surface area contributed by atoms with Gasteiger partial charge < -0.3 is 10.0 Å². The lowest BCUT2D eigenvalue weighted by molar-refractivity contribution is 0.0781. The highest BCUT2D eigenvalue weighted by atomic mass is 35.5. The normalized spacial score (nSPS) is 19.2. The van der Waals surface area contributed by atoms with Gasteiger partial charge in [0.1, 0.15) is 5.15 Å². The van der Waals surface area contributed by atoms with Gasteiger partial charge in [-0.05, 0) is 24.5 Å². The van der Waals surface area contributed by atoms with Crippen LogP contribution in [0.15, 0.2) is 12.1 Å². The Morgan fingerprint density at radius 2 is 2.32 bits per heavy atom. The summed E-state index contributed by atoms with van der Waals surface area (Å²) in [7, 11) is 0. The van der Waals surface area contributed by atoms with Gasteiger partial charge in [-0.3, -0.25) is 4.79 Å². The SMILES string of the molecule is CC(C)c1cc(C(=O)N2CCC(CO)C2)cc(Cl)n1. The maximum Gasteiger partial charge on any atom is 0.254 e. The minimum absolute atomic E-state index is 0.0258. The Balaban J connectivity index is 2.19. The molecule has 1 aliphatic rings. The number of pyridine rings is 1. The zero-order valence-corrected chi connectivity index (χ0v) is 12.0. The number of amides is 1. The molecule has 19 heavy (non-hydrogen) atoms. The number of carbonyl (C=O) groups is 1. The van der Waals surface area contributed by atoms with Crippen LogP contribution in [0.4, 0.5) is 0 Å². The molecule has 0 aliphatic carbocycles. The Morgan fingerprint density at radius 1 is 1.58 bits per heavy atom. The van der Waals surface area contributed by atoms with Crippen LogP contribution in [0.25, 0.3) is 0 Å². The van der Waals surface area contributed by atoms with Crippen molar-refractivity contribution >= 4 is 17.5 Å². The minimum atomic E-state index is -0.0258. The summed E-state index contributed by atoms with van der Waals surface area (Å²) in [5.41, 5.74) is 1.41. The van der Waals surface area contributed by atoms with Crippen LogP contribution < -0.4 is 0 Å². The molecular weight excluding hydrogens is 264 g/mol. The second kappa shape index (κ2) is 5.88. The van der Waals surface area contributed by atoms with E-state index in [0.29, 0.717) is 23.8 Å². The first-order valence-electron chi connectivity index (χ1n) is 6.59. The molecule has 1 fully saturated rings. The number of halogens is 1. The Kier molecular flexibility index (Phi) is 4.42. The van der Waals surface area contributed by atoms with E-state index in [1.165, 1.54) is 0 Å². The highest BCUT2D eigenvalue weighted by Gasteiger charge is 2.27. The molecule has 0 spiro atoms. The summed E-state index contributed by atoms with van der Waals surface area (Å²) in [6.45, 7) is 5.49. The number of aromatic nitrogens is 1. The molecule has 1 aliphatic heterocycles. The van der Waals surface area contributed by atoms with E-state index in [4.69, 9.17) is 16.7 Å². The number of carbonyl (C=O) groups excluding carboxylic acids is 1. The Hall–Kier alpha value is -1.13. The van der Waals surface area contributed by atoms with Crippen molar-refractivity contribution in [1.29, 1.82) is 0 Å². The smallest absolute Gasteiger partial charge is 0.254 e. The van der Waals surface area contributed by atoms with Crippen molar-refractivity contribution in [1.82, 2.24) is 9.88 Å². The summed E-state index contributed by atoms with van der Waals surface area (Å²) in [6, 6.07) is 3.42. The van der Waals surface area contributed by atoms with Crippen molar-refractivity contribution in [3.63, 3.8) is 0 Å². The lowest BCUT2D eigenvalue weighted by Gasteiger charge is -2.17. The molecule has 1 aromatic heterocycles. The van der Waals surface area contributed by atoms with Gasteiger partial charge in [-0.2, -0.15) is 0 Å². The molecule has 2 heterocycles. The number of hydrogen-bond acceptors (Lipinski definition) is 3. The van der Waals surface area contributed by atoms with E-state index in [9.17, 15) is 4.79 Å². The summed E-state index contributed by atoms with van der Waals surface area (Å²) < 4.78 is 0. The van der Waals surface area contributed by atoms with E-state index < -0.39 is 0 Å². The third kappa shape index (κ3) is 3.25. The van der Waals surface area contributed by atoms with Gasteiger partial charge in [0, 0.05) is 36.9 Å². The summed E-state index contributed by atoms with van der Waals surface area (Å²) in [4.78, 5) is 18.4. The molecule has 1 aromatic rings. The van der Waals surface area contributed by atoms with E-state index in [0.717, 1.165) is 12.1 Å². The summed E-state index contributed by atoms with van der Waals surface area (Å²) in [5.74, 6) is 0.405. The number of nitrogens with zero attached hydrogens (tertiary/aromatic N) is 2. The third-order valence-electron chi connectivity index (χ3n) is 3.48. The van der Waals surface area contributed by atoms with Crippen LogP contribution in [0.5, 0.6) is 0 Å². The average molecular weight is 283 g/mol. The predicted molar refractivity (Wildman–Crippen MR) is 74.4 cm³/mol. The van der Waals surface area contributed by atoms with E-state index in [2.05, 4.69) is 4.98 Å². The minimum Gasteiger partial charge on any atom is -0.396 e. The molecule has 1 unspecified atom stereocenters. The van der Waals surface area contributed by atoms with Crippen LogP contribution in [0, 0.1) is 5.92 Å². The first kappa shape index (κ1) is 14.3. The van der Waals surface area contributed by atoms with E-state index in [1.54, 1.807) is 11.0 Å². The topological polar surface area (TPSA) is 53.4 Å². The number of rotatable bonds is 3. The molecule has 1 amide bonds. The molecule has 1 saturated heterocycles. The maximum absolute atomic E-state index is 12.4. The monoisotopic (exact) mass is 282 g/mol. The Bertz CT molecular complexity index is 477. The van der Waals surface area contributed by atoms with Crippen molar-refractivity contribution in [2.24, 2.45) is 5.92 Å². The van der Waals surface area contributed by atoms with Gasteiger partial charge in [0.15, 0.2) is 0 Å². The van der Waals surface area contributed by atoms with Gasteiger partial charge in [0.25, 0.3) is 5.91 Å². The summed E-state index contributed by atoms with van der Waals surface area (Å²) in [5, 5.41) is 9.48. The first-order chi connectivity index (χ1) is 9.01. The molecule has 0 saturated carbocycles. The van der Waals surface area contributed by atoms with Crippen LogP contribution in [-0.4, -0.2) is 40.6 Å². The summed E-state index contributed by atoms with van der Waals surface area (Å²) >= 11 is 5.98. The van der Waals surface area contributed by atoms with Gasteiger partial charge in [-0.25, -0.2) is 4.98 Å². The number of likely N-dealkylation sites (tertiary alicyclic amines) is 1. The van der Waals surface area contributed by atoms with Gasteiger partial charge in [-0.15, -0.1) is 0 Å². The molecule has 1 atom stereocenters. The second-order valence-corrected chi connectivity index (χ2v) is 5.73. The lowest BCUT2D eigenvalue weighted by Crippen LogP contribution is -2.29. The standard InChI is InChI=1S/C14H19ClN2O2/c1-9(2)12-5-11(6-13(15)16-12)14(19)17-4-3-10(7-17)8-18/h5-6,9-10,18H,3-4,7-8H2,1-2H3. The van der Waals surface area contributed by atoms with E-state index in [1.807, 2.05) is 19.9 Å². The number of aliphatic hydroxyl groups is 1. The first-order valence-corrected chi connectivity index (χ1v) is 6.96. The maximum atomic E-state index is 12.4. The van der Waals surface area contributed by atoms with Gasteiger partial charge in [-0.1, -0.05) is 25.4 Å². The largest absolute Gasteiger partial charge is 0.396 e. The third-order valence-corrected chi connectivity index (χ3v) is 3.68. The van der Waals surface area contributed by atoms with Gasteiger partial charge >= 0.3 is 0 Å². The zero-order valence-electron chi connectivity index (χ0n) is 11.3. The van der Waals surface area contributed by atoms with Crippen LogP contribution in [0.3, 0.4) is 0 Å². The molecule has 0 radical (unpaired) electrons. The van der Waals surface area contributed by atoms with Crippen LogP contribution in [0.2, 0.25) is 5.15 Å². The van der Waals surface area contributed by atoms with Gasteiger partial charge in [0.05, 0.1) is 0 Å². The highest BCUT2D eigenvalue weighted by Crippen LogP contribution is 2.22. The molecule has 1 N–H and O–H groups in total. The second-order valence-electron chi connectivity index (χ2n) is 5.35. The quantitative estimate of drug-likeness (QED) is 0.866. The lowest BCUT2D eigenvalue weighted by atomic mass is 10.1. The Morgan fingerprint density at radius 3 is 2.89 bits per heavy atom. The fourth-order valence-electron chi connectivity index (χ4n) is 2.29. The molecule has 5 heteroatoms. The molecule has 0 bridgehead atoms. The van der Waals surface area contributed by atoms with Crippen LogP contribution >= 0.6 is 11.6 Å². The molecular formula is C14H19ClN2O2.